The minimum Gasteiger partial charge on any atom is -0.459 e. The number of carbonyl (C=O) groups is 2. The average molecular weight is 331 g/mol. The number of nitrogens with one attached hydrogen (secondary N) is 1. The van der Waals surface area contributed by atoms with E-state index in [-0.39, 0.29) is 44.1 Å². The second-order valence-electron chi connectivity index (χ2n) is 5.77. The summed E-state index contributed by atoms with van der Waals surface area (Å²) in [5, 5.41) is 2.62. The fourth-order valence-electron chi connectivity index (χ4n) is 2.69. The van der Waals surface area contributed by atoms with Gasteiger partial charge in [-0.2, -0.15) is 0 Å². The van der Waals surface area contributed by atoms with Crippen LogP contribution in [0.5, 0.6) is 0 Å². The molecule has 0 spiro atoms. The molecule has 0 atom stereocenters. The first-order valence-corrected chi connectivity index (χ1v) is 7.77. The van der Waals surface area contributed by atoms with Crippen LogP contribution in [0.4, 0.5) is 4.39 Å². The lowest BCUT2D eigenvalue weighted by Gasteiger charge is -2.35. The molecular formula is C17H18FN3O3. The van der Waals surface area contributed by atoms with E-state index >= 15 is 0 Å². The Morgan fingerprint density at radius 3 is 2.58 bits per heavy atom. The Bertz CT molecular complexity index is 695. The van der Waals surface area contributed by atoms with Crippen LogP contribution in [0.15, 0.2) is 47.3 Å². The first kappa shape index (κ1) is 16.2. The lowest BCUT2D eigenvalue weighted by atomic mass is 9.92. The number of alkyl halides is 1. The Kier molecular flexibility index (Phi) is 4.59. The largest absolute Gasteiger partial charge is 0.459 e. The van der Waals surface area contributed by atoms with Gasteiger partial charge in [0.25, 0.3) is 11.8 Å². The molecule has 7 heteroatoms. The van der Waals surface area contributed by atoms with Crippen LogP contribution < -0.4 is 5.32 Å². The van der Waals surface area contributed by atoms with Crippen LogP contribution in [0.1, 0.15) is 29.0 Å². The molecule has 1 aliphatic rings. The van der Waals surface area contributed by atoms with Crippen molar-refractivity contribution < 1.29 is 18.4 Å². The lowest BCUT2D eigenvalue weighted by Crippen LogP contribution is -2.52. The number of nitrogens with zero attached hydrogens (tertiary/aromatic N) is 2. The number of hydrogen-bond donors (Lipinski definition) is 1. The quantitative estimate of drug-likeness (QED) is 0.929. The molecule has 2 aromatic heterocycles. The Morgan fingerprint density at radius 1 is 1.25 bits per heavy atom. The molecule has 6 nitrogen and oxygen atoms in total. The lowest BCUT2D eigenvalue weighted by molar-refractivity contribution is -0.135. The monoisotopic (exact) mass is 331 g/mol. The Hall–Kier alpha value is -2.70. The van der Waals surface area contributed by atoms with Crippen molar-refractivity contribution in [2.75, 3.05) is 13.1 Å². The van der Waals surface area contributed by atoms with Gasteiger partial charge in [-0.1, -0.05) is 0 Å². The van der Waals surface area contributed by atoms with Gasteiger partial charge < -0.3 is 14.6 Å². The van der Waals surface area contributed by atoms with E-state index in [9.17, 15) is 14.0 Å². The zero-order valence-corrected chi connectivity index (χ0v) is 13.1. The standard InChI is InChI=1S/C17H18FN3O3/c18-17(16(23)20-12-13-3-7-19-8-4-13)5-9-21(10-6-17)15(22)14-2-1-11-24-14/h1-4,7-8,11H,5-6,9-10,12H2,(H,20,23). The predicted octanol–water partition coefficient (Wildman–Crippen LogP) is 1.94. The number of amides is 2. The van der Waals surface area contributed by atoms with Crippen molar-refractivity contribution >= 4 is 11.8 Å². The number of rotatable bonds is 4. The van der Waals surface area contributed by atoms with Crippen LogP contribution in [0.2, 0.25) is 0 Å². The maximum Gasteiger partial charge on any atom is 0.289 e. The molecule has 3 heterocycles. The third-order valence-electron chi connectivity index (χ3n) is 4.18. The van der Waals surface area contributed by atoms with Crippen LogP contribution in [0.3, 0.4) is 0 Å². The van der Waals surface area contributed by atoms with E-state index < -0.39 is 11.6 Å². The Labute approximate surface area is 138 Å². The first-order chi connectivity index (χ1) is 11.6. The minimum atomic E-state index is -1.95. The van der Waals surface area contributed by atoms with Crippen LogP contribution in [-0.4, -0.2) is 40.5 Å². The number of carbonyl (C=O) groups excluding carboxylic acids is 2. The molecule has 126 valence electrons. The minimum absolute atomic E-state index is 0.0262. The van der Waals surface area contributed by atoms with Gasteiger partial charge in [0.05, 0.1) is 6.26 Å². The number of halogens is 1. The van der Waals surface area contributed by atoms with E-state index in [4.69, 9.17) is 4.42 Å². The number of hydrogen-bond acceptors (Lipinski definition) is 4. The van der Waals surface area contributed by atoms with Crippen molar-refractivity contribution in [1.82, 2.24) is 15.2 Å². The molecule has 1 N–H and O–H groups in total. The summed E-state index contributed by atoms with van der Waals surface area (Å²) >= 11 is 0. The Morgan fingerprint density at radius 2 is 1.96 bits per heavy atom. The molecule has 24 heavy (non-hydrogen) atoms. The van der Waals surface area contributed by atoms with Crippen molar-refractivity contribution in [3.63, 3.8) is 0 Å². The summed E-state index contributed by atoms with van der Waals surface area (Å²) in [4.78, 5) is 29.7. The van der Waals surface area contributed by atoms with E-state index in [0.717, 1.165) is 5.56 Å². The van der Waals surface area contributed by atoms with Crippen molar-refractivity contribution in [2.24, 2.45) is 0 Å². The van der Waals surface area contributed by atoms with Gasteiger partial charge in [-0.15, -0.1) is 0 Å². The molecule has 0 unspecified atom stereocenters. The number of furan rings is 1. The third-order valence-corrected chi connectivity index (χ3v) is 4.18. The molecule has 1 saturated heterocycles. The average Bonchev–Trinajstić information content (AvgIpc) is 3.15. The second-order valence-corrected chi connectivity index (χ2v) is 5.77. The molecular weight excluding hydrogens is 313 g/mol. The van der Waals surface area contributed by atoms with E-state index in [2.05, 4.69) is 10.3 Å². The topological polar surface area (TPSA) is 75.4 Å². The highest BCUT2D eigenvalue weighted by Crippen LogP contribution is 2.28. The normalized spacial score (nSPS) is 16.6. The van der Waals surface area contributed by atoms with Crippen LogP contribution in [-0.2, 0) is 11.3 Å². The van der Waals surface area contributed by atoms with Crippen molar-refractivity contribution in [2.45, 2.75) is 25.1 Å². The van der Waals surface area contributed by atoms with Crippen molar-refractivity contribution in [1.29, 1.82) is 0 Å². The van der Waals surface area contributed by atoms with Gasteiger partial charge in [0, 0.05) is 44.9 Å². The van der Waals surface area contributed by atoms with E-state index in [1.54, 1.807) is 36.7 Å². The zero-order valence-electron chi connectivity index (χ0n) is 13.1. The summed E-state index contributed by atoms with van der Waals surface area (Å²) < 4.78 is 19.9. The highest BCUT2D eigenvalue weighted by atomic mass is 19.1. The van der Waals surface area contributed by atoms with E-state index in [1.165, 1.54) is 11.2 Å². The van der Waals surface area contributed by atoms with Gasteiger partial charge in [-0.05, 0) is 29.8 Å². The number of pyridine rings is 1. The van der Waals surface area contributed by atoms with Gasteiger partial charge >= 0.3 is 0 Å². The van der Waals surface area contributed by atoms with Gasteiger partial charge in [0.1, 0.15) is 0 Å². The zero-order chi connectivity index (χ0) is 17.0. The third kappa shape index (κ3) is 3.45. The van der Waals surface area contributed by atoms with Crippen molar-refractivity contribution in [3.8, 4) is 0 Å². The second kappa shape index (κ2) is 6.82. The fourth-order valence-corrected chi connectivity index (χ4v) is 2.69. The van der Waals surface area contributed by atoms with Gasteiger partial charge in [0.2, 0.25) is 0 Å². The highest BCUT2D eigenvalue weighted by Gasteiger charge is 2.42. The maximum absolute atomic E-state index is 14.9. The maximum atomic E-state index is 14.9. The first-order valence-electron chi connectivity index (χ1n) is 7.77. The van der Waals surface area contributed by atoms with Crippen molar-refractivity contribution in [3.05, 3.63) is 54.2 Å². The van der Waals surface area contributed by atoms with Gasteiger partial charge in [0.15, 0.2) is 11.4 Å². The summed E-state index contributed by atoms with van der Waals surface area (Å²) in [7, 11) is 0. The highest BCUT2D eigenvalue weighted by molar-refractivity contribution is 5.92. The molecule has 1 fully saturated rings. The van der Waals surface area contributed by atoms with Gasteiger partial charge in [-0.25, -0.2) is 4.39 Å². The molecule has 0 radical (unpaired) electrons. The van der Waals surface area contributed by atoms with E-state index in [1.807, 2.05) is 0 Å². The number of likely N-dealkylation sites (tertiary alicyclic amines) is 1. The van der Waals surface area contributed by atoms with E-state index in [0.29, 0.717) is 0 Å². The summed E-state index contributed by atoms with van der Waals surface area (Å²) in [5.74, 6) is -0.688. The Balaban J connectivity index is 1.54. The fraction of sp³-hybridized carbons (Fsp3) is 0.353. The van der Waals surface area contributed by atoms with Crippen LogP contribution >= 0.6 is 0 Å². The molecule has 2 aromatic rings. The number of piperidine rings is 1. The van der Waals surface area contributed by atoms with Crippen LogP contribution in [0.25, 0.3) is 0 Å². The summed E-state index contributed by atoms with van der Waals surface area (Å²) in [6.07, 6.45) is 4.60. The molecule has 0 aromatic carbocycles. The molecule has 1 aliphatic heterocycles. The molecule has 3 rings (SSSR count). The van der Waals surface area contributed by atoms with Crippen LogP contribution in [0, 0.1) is 0 Å². The SMILES string of the molecule is O=C(c1ccco1)N1CCC(F)(C(=O)NCc2ccncc2)CC1. The molecule has 0 saturated carbocycles. The summed E-state index contributed by atoms with van der Waals surface area (Å²) in [6.45, 7) is 0.611. The smallest absolute Gasteiger partial charge is 0.289 e. The molecule has 0 bridgehead atoms. The summed E-state index contributed by atoms with van der Waals surface area (Å²) in [5.41, 5.74) is -1.10. The molecule has 2 amide bonds. The summed E-state index contributed by atoms with van der Waals surface area (Å²) in [6, 6.07) is 6.72. The molecule has 0 aliphatic carbocycles. The number of aromatic nitrogens is 1. The van der Waals surface area contributed by atoms with Gasteiger partial charge in [-0.3, -0.25) is 14.6 Å². The predicted molar refractivity (Wildman–Crippen MR) is 83.8 cm³/mol.